The highest BCUT2D eigenvalue weighted by molar-refractivity contribution is 6.30. The highest BCUT2D eigenvalue weighted by atomic mass is 35.5. The molecule has 0 saturated carbocycles. The molecule has 5 heteroatoms. The quantitative estimate of drug-likeness (QED) is 0.623. The average molecular weight is 287 g/mol. The maximum atomic E-state index is 13.4. The highest BCUT2D eigenvalue weighted by Gasteiger charge is 2.17. The second-order valence-corrected chi connectivity index (χ2v) is 5.37. The minimum atomic E-state index is -0.404. The lowest BCUT2D eigenvalue weighted by atomic mass is 9.99. The van der Waals surface area contributed by atoms with Gasteiger partial charge in [0.2, 0.25) is 0 Å². The molecule has 0 aromatic heterocycles. The first kappa shape index (κ1) is 14.7. The largest absolute Gasteiger partial charge is 0.378 e. The Kier molecular flexibility index (Phi) is 5.58. The fraction of sp³-hybridized carbons (Fsp3) is 0.571. The van der Waals surface area contributed by atoms with Gasteiger partial charge in [-0.25, -0.2) is 4.39 Å². The van der Waals surface area contributed by atoms with Gasteiger partial charge in [-0.2, -0.15) is 0 Å². The molecule has 0 radical (unpaired) electrons. The third-order valence-corrected chi connectivity index (χ3v) is 3.90. The van der Waals surface area contributed by atoms with Crippen LogP contribution in [0.2, 0.25) is 5.02 Å². The van der Waals surface area contributed by atoms with E-state index in [1.54, 1.807) is 6.07 Å². The molecule has 1 aromatic rings. The third-order valence-electron chi connectivity index (χ3n) is 3.59. The zero-order valence-corrected chi connectivity index (χ0v) is 11.6. The maximum Gasteiger partial charge on any atom is 0.142 e. The molecular weight excluding hydrogens is 267 g/mol. The van der Waals surface area contributed by atoms with Crippen LogP contribution in [0.25, 0.3) is 0 Å². The summed E-state index contributed by atoms with van der Waals surface area (Å²) in [4.78, 5) is 0. The van der Waals surface area contributed by atoms with Gasteiger partial charge in [-0.05, 0) is 49.8 Å². The normalized spacial score (nSPS) is 20.7. The molecule has 2 atom stereocenters. The topological polar surface area (TPSA) is 47.3 Å². The minimum absolute atomic E-state index is 0.0480. The van der Waals surface area contributed by atoms with E-state index in [0.29, 0.717) is 6.10 Å². The molecule has 3 N–H and O–H groups in total. The van der Waals surface area contributed by atoms with Gasteiger partial charge < -0.3 is 4.74 Å². The lowest BCUT2D eigenvalue weighted by Crippen LogP contribution is -2.28. The Morgan fingerprint density at radius 3 is 3.00 bits per heavy atom. The van der Waals surface area contributed by atoms with Crippen LogP contribution >= 0.6 is 11.6 Å². The number of benzene rings is 1. The van der Waals surface area contributed by atoms with E-state index in [0.717, 1.165) is 44.3 Å². The van der Waals surface area contributed by atoms with Gasteiger partial charge >= 0.3 is 0 Å². The monoisotopic (exact) mass is 286 g/mol. The van der Waals surface area contributed by atoms with Crippen LogP contribution in [0.15, 0.2) is 18.2 Å². The summed E-state index contributed by atoms with van der Waals surface area (Å²) >= 11 is 5.68. The second kappa shape index (κ2) is 7.20. The molecule has 1 aromatic carbocycles. The summed E-state index contributed by atoms with van der Waals surface area (Å²) in [5.74, 6) is 5.15. The Morgan fingerprint density at radius 2 is 2.37 bits per heavy atom. The summed E-state index contributed by atoms with van der Waals surface area (Å²) in [6.07, 6.45) is 5.59. The van der Waals surface area contributed by atoms with Crippen molar-refractivity contribution in [3.63, 3.8) is 0 Å². The van der Waals surface area contributed by atoms with Crippen molar-refractivity contribution in [1.29, 1.82) is 0 Å². The number of ether oxygens (including phenoxy) is 1. The summed E-state index contributed by atoms with van der Waals surface area (Å²) in [6, 6.07) is 4.77. The molecule has 0 amide bonds. The van der Waals surface area contributed by atoms with E-state index in [1.807, 2.05) is 6.07 Å². The SMILES string of the molecule is NNC(CCCC1CCCO1)c1ccc(Cl)c(F)c1. The molecule has 1 fully saturated rings. The number of hydrogen-bond acceptors (Lipinski definition) is 3. The number of halogens is 2. The Morgan fingerprint density at radius 1 is 1.53 bits per heavy atom. The fourth-order valence-corrected chi connectivity index (χ4v) is 2.61. The molecule has 3 nitrogen and oxygen atoms in total. The van der Waals surface area contributed by atoms with Crippen molar-refractivity contribution in [3.05, 3.63) is 34.6 Å². The Hall–Kier alpha value is -0.680. The zero-order valence-electron chi connectivity index (χ0n) is 10.9. The van der Waals surface area contributed by atoms with Crippen LogP contribution in [-0.4, -0.2) is 12.7 Å². The average Bonchev–Trinajstić information content (AvgIpc) is 2.91. The Balaban J connectivity index is 1.86. The first-order valence-electron chi connectivity index (χ1n) is 6.73. The van der Waals surface area contributed by atoms with Crippen LogP contribution < -0.4 is 11.3 Å². The predicted octanol–water partition coefficient (Wildman–Crippen LogP) is 3.33. The molecule has 0 bridgehead atoms. The number of hydrogen-bond donors (Lipinski definition) is 2. The molecule has 2 unspecified atom stereocenters. The standard InChI is InChI=1S/C14H20ClFN2O/c15-12-7-6-10(9-13(12)16)14(18-17)5-1-3-11-4-2-8-19-11/h6-7,9,11,14,18H,1-5,8,17H2. The molecule has 19 heavy (non-hydrogen) atoms. The molecule has 1 aliphatic rings. The molecule has 0 spiro atoms. The smallest absolute Gasteiger partial charge is 0.142 e. The van der Waals surface area contributed by atoms with Crippen LogP contribution in [-0.2, 0) is 4.74 Å². The molecule has 0 aliphatic carbocycles. The molecule has 106 valence electrons. The van der Waals surface area contributed by atoms with Crippen molar-refractivity contribution in [2.75, 3.05) is 6.61 Å². The van der Waals surface area contributed by atoms with Crippen molar-refractivity contribution < 1.29 is 9.13 Å². The van der Waals surface area contributed by atoms with Crippen molar-refractivity contribution in [3.8, 4) is 0 Å². The lowest BCUT2D eigenvalue weighted by molar-refractivity contribution is 0.101. The number of rotatable bonds is 6. The first-order valence-corrected chi connectivity index (χ1v) is 7.11. The highest BCUT2D eigenvalue weighted by Crippen LogP contribution is 2.25. The Labute approximate surface area is 118 Å². The summed E-state index contributed by atoms with van der Waals surface area (Å²) in [5, 5.41) is 0.138. The summed E-state index contributed by atoms with van der Waals surface area (Å²) in [5.41, 5.74) is 3.57. The van der Waals surface area contributed by atoms with Crippen molar-refractivity contribution >= 4 is 11.6 Å². The first-order chi connectivity index (χ1) is 9.20. The fourth-order valence-electron chi connectivity index (χ4n) is 2.50. The summed E-state index contributed by atoms with van der Waals surface area (Å²) in [6.45, 7) is 0.881. The molecule has 1 saturated heterocycles. The lowest BCUT2D eigenvalue weighted by Gasteiger charge is -2.17. The Bertz CT molecular complexity index is 410. The van der Waals surface area contributed by atoms with Gasteiger partial charge in [0.25, 0.3) is 0 Å². The van der Waals surface area contributed by atoms with Gasteiger partial charge in [-0.15, -0.1) is 0 Å². The van der Waals surface area contributed by atoms with E-state index in [1.165, 1.54) is 6.07 Å². The van der Waals surface area contributed by atoms with Crippen molar-refractivity contribution in [2.45, 2.75) is 44.2 Å². The van der Waals surface area contributed by atoms with Gasteiger partial charge in [0, 0.05) is 12.6 Å². The third kappa shape index (κ3) is 4.14. The molecule has 1 aliphatic heterocycles. The van der Waals surface area contributed by atoms with Gasteiger partial charge in [-0.1, -0.05) is 17.7 Å². The summed E-state index contributed by atoms with van der Waals surface area (Å²) in [7, 11) is 0. The maximum absolute atomic E-state index is 13.4. The van der Waals surface area contributed by atoms with E-state index >= 15 is 0 Å². The van der Waals surface area contributed by atoms with E-state index in [4.69, 9.17) is 22.2 Å². The molecular formula is C14H20ClFN2O. The van der Waals surface area contributed by atoms with Crippen LogP contribution in [0.1, 0.15) is 43.7 Å². The van der Waals surface area contributed by atoms with E-state index in [2.05, 4.69) is 5.43 Å². The van der Waals surface area contributed by atoms with Gasteiger partial charge in [-0.3, -0.25) is 11.3 Å². The van der Waals surface area contributed by atoms with E-state index in [-0.39, 0.29) is 11.1 Å². The van der Waals surface area contributed by atoms with Crippen molar-refractivity contribution in [1.82, 2.24) is 5.43 Å². The second-order valence-electron chi connectivity index (χ2n) is 4.96. The van der Waals surface area contributed by atoms with Gasteiger partial charge in [0.1, 0.15) is 5.82 Å². The van der Waals surface area contributed by atoms with Crippen LogP contribution in [0.3, 0.4) is 0 Å². The van der Waals surface area contributed by atoms with Crippen molar-refractivity contribution in [2.24, 2.45) is 5.84 Å². The predicted molar refractivity (Wildman–Crippen MR) is 74.3 cm³/mol. The van der Waals surface area contributed by atoms with Crippen LogP contribution in [0.4, 0.5) is 4.39 Å². The van der Waals surface area contributed by atoms with Crippen LogP contribution in [0.5, 0.6) is 0 Å². The van der Waals surface area contributed by atoms with E-state index < -0.39 is 5.82 Å². The zero-order chi connectivity index (χ0) is 13.7. The molecule has 1 heterocycles. The number of hydrazine groups is 1. The van der Waals surface area contributed by atoms with Crippen LogP contribution in [0, 0.1) is 5.82 Å². The van der Waals surface area contributed by atoms with E-state index in [9.17, 15) is 4.39 Å². The van der Waals surface area contributed by atoms with Gasteiger partial charge in [0.05, 0.1) is 11.1 Å². The minimum Gasteiger partial charge on any atom is -0.378 e. The summed E-state index contributed by atoms with van der Waals surface area (Å²) < 4.78 is 19.0. The number of nitrogens with two attached hydrogens (primary N) is 1. The molecule has 2 rings (SSSR count). The number of nitrogens with one attached hydrogen (secondary N) is 1. The van der Waals surface area contributed by atoms with Gasteiger partial charge in [0.15, 0.2) is 0 Å².